The Hall–Kier alpha value is -2.76. The number of rotatable bonds is 35. The smallest absolute Gasteiger partial charge is 0.334 e. The predicted octanol–water partition coefficient (Wildman–Crippen LogP) is 32.7. The summed E-state index contributed by atoms with van der Waals surface area (Å²) in [6.07, 6.45) is 79.4. The van der Waals surface area contributed by atoms with Crippen LogP contribution >= 0.6 is 0 Å². The van der Waals surface area contributed by atoms with E-state index in [1.54, 1.807) is 0 Å². The summed E-state index contributed by atoms with van der Waals surface area (Å²) in [6.45, 7) is 51.3. The Balaban J connectivity index is 0.000000181. The number of carbonyl (C=O) groups excluding carboxylic acids is 4. The molecule has 14 rings (SSSR count). The Labute approximate surface area is 771 Å². The molecular weight excluding hydrogens is 1550 g/mol. The number of ether oxygens (including phenoxy) is 7. The van der Waals surface area contributed by atoms with Gasteiger partial charge in [-0.1, -0.05) is 318 Å². The minimum atomic E-state index is -0.0785. The number of unbranched alkanes of at least 4 members (excludes halogenated alkanes) is 21. The molecule has 11 heteroatoms. The second-order valence-electron chi connectivity index (χ2n) is 47.7. The summed E-state index contributed by atoms with van der Waals surface area (Å²) in [5.74, 6) is 8.29. The van der Waals surface area contributed by atoms with Crippen LogP contribution in [-0.4, -0.2) is 80.3 Å². The molecule has 7 aliphatic carbocycles. The van der Waals surface area contributed by atoms with Crippen LogP contribution in [0, 0.1) is 109 Å². The Kier molecular flexibility index (Phi) is 45.4. The van der Waals surface area contributed by atoms with Crippen molar-refractivity contribution in [3.8, 4) is 0 Å². The maximum atomic E-state index is 11.6. The fraction of sp³-hybridized carbons (Fsp3) is 0.930. The summed E-state index contributed by atoms with van der Waals surface area (Å²) in [4.78, 5) is 46.4. The van der Waals surface area contributed by atoms with Crippen LogP contribution in [0.3, 0.4) is 0 Å². The van der Waals surface area contributed by atoms with Crippen LogP contribution < -0.4 is 0 Å². The van der Waals surface area contributed by atoms with Gasteiger partial charge in [-0.15, -0.1) is 0 Å². The highest BCUT2D eigenvalue weighted by Gasteiger charge is 2.52. The zero-order valence-electron chi connectivity index (χ0n) is 85.9. The van der Waals surface area contributed by atoms with Gasteiger partial charge >= 0.3 is 23.9 Å². The molecule has 7 aliphatic heterocycles. The zero-order chi connectivity index (χ0) is 91.0. The van der Waals surface area contributed by atoms with E-state index in [1.807, 2.05) is 20.8 Å². The maximum Gasteiger partial charge on any atom is 0.334 e. The van der Waals surface area contributed by atoms with Gasteiger partial charge in [0.25, 0.3) is 0 Å². The first-order chi connectivity index (χ1) is 59.6. The normalized spacial score (nSPS) is 38.3. The van der Waals surface area contributed by atoms with Crippen molar-refractivity contribution in [3.05, 3.63) is 23.0 Å². The SMILES string of the molecule is CCCCCCC1(C)C=C2OC(=O)C(C)C2CC1.CCCCCCC1(C)CCC2=C(C)C(=O)OC2C1.CCCCCCC1(C)CCC2C(C)CC(=O)OC2C1.CCCCCCC1(C)CCC2C(C)CCOC2C1.CCCCCCC1(C)CCC2C(C)COC2C1.CCCCCCC1(C)CC[C@@H]2C(C1)OC(=O)C2C.CCCCCCC1(C)CC[C@H]2C(C)COC2C1. The molecule has 0 bridgehead atoms. The summed E-state index contributed by atoms with van der Waals surface area (Å²) in [6, 6.07) is 0. The second kappa shape index (κ2) is 52.8. The largest absolute Gasteiger partial charge is 0.462 e. The van der Waals surface area contributed by atoms with Gasteiger partial charge in [0.2, 0.25) is 0 Å². The summed E-state index contributed by atoms with van der Waals surface area (Å²) < 4.78 is 40.2. The van der Waals surface area contributed by atoms with Gasteiger partial charge in [0.05, 0.1) is 30.1 Å². The van der Waals surface area contributed by atoms with Crippen LogP contribution in [0.1, 0.15) is 511 Å². The third-order valence-electron chi connectivity index (χ3n) is 35.9. The first-order valence-corrected chi connectivity index (χ1v) is 54.7. The zero-order valence-corrected chi connectivity index (χ0v) is 85.9. The monoisotopic (exact) mass is 1750 g/mol. The van der Waals surface area contributed by atoms with Crippen molar-refractivity contribution >= 4 is 23.9 Å². The van der Waals surface area contributed by atoms with Crippen LogP contribution in [0.4, 0.5) is 0 Å². The molecule has 0 aromatic carbocycles. The molecule has 7 heterocycles. The predicted molar refractivity (Wildman–Crippen MR) is 521 cm³/mol. The highest BCUT2D eigenvalue weighted by Crippen LogP contribution is 2.55. The van der Waals surface area contributed by atoms with E-state index in [1.165, 1.54) is 333 Å². The molecular formula is C114H202O11. The second-order valence-corrected chi connectivity index (χ2v) is 47.7. The van der Waals surface area contributed by atoms with E-state index in [2.05, 4.69) is 131 Å². The molecule has 0 aromatic heterocycles. The third kappa shape index (κ3) is 33.4. The van der Waals surface area contributed by atoms with Crippen LogP contribution in [0.2, 0.25) is 0 Å². The summed E-state index contributed by atoms with van der Waals surface area (Å²) in [7, 11) is 0. The number of allylic oxidation sites excluding steroid dienone is 2. The van der Waals surface area contributed by atoms with Gasteiger partial charge in [-0.25, -0.2) is 4.79 Å². The highest BCUT2D eigenvalue weighted by atomic mass is 16.6. The molecule has 11 nitrogen and oxygen atoms in total. The van der Waals surface area contributed by atoms with Gasteiger partial charge in [-0.2, -0.15) is 0 Å². The molecule has 0 radical (unpaired) electrons. The Bertz CT molecular complexity index is 3140. The third-order valence-corrected chi connectivity index (χ3v) is 35.9. The van der Waals surface area contributed by atoms with Crippen LogP contribution in [0.15, 0.2) is 23.0 Å². The van der Waals surface area contributed by atoms with Gasteiger partial charge in [-0.05, 0) is 284 Å². The van der Waals surface area contributed by atoms with E-state index >= 15 is 0 Å². The van der Waals surface area contributed by atoms with E-state index < -0.39 is 0 Å². The lowest BCUT2D eigenvalue weighted by Crippen LogP contribution is -2.45. The highest BCUT2D eigenvalue weighted by molar-refractivity contribution is 5.91. The van der Waals surface area contributed by atoms with E-state index in [0.29, 0.717) is 80.9 Å². The van der Waals surface area contributed by atoms with Gasteiger partial charge in [-0.3, -0.25) is 14.4 Å². The lowest BCUT2D eigenvalue weighted by atomic mass is 9.64. The fourth-order valence-electron chi connectivity index (χ4n) is 26.3. The number of hydrogen-bond acceptors (Lipinski definition) is 11. The summed E-state index contributed by atoms with van der Waals surface area (Å²) in [5, 5.41) is 0. The van der Waals surface area contributed by atoms with Crippen molar-refractivity contribution in [2.75, 3.05) is 19.8 Å². The molecule has 6 saturated heterocycles. The number of esters is 4. The number of fused-ring (bicyclic) bond motifs is 7. The van der Waals surface area contributed by atoms with E-state index in [9.17, 15) is 19.2 Å². The molecule has 14 aliphatic rings. The summed E-state index contributed by atoms with van der Waals surface area (Å²) >= 11 is 0. The minimum Gasteiger partial charge on any atom is -0.462 e. The maximum absolute atomic E-state index is 11.6. The molecule has 125 heavy (non-hydrogen) atoms. The Morgan fingerprint density at radius 3 is 1.11 bits per heavy atom. The van der Waals surface area contributed by atoms with Crippen molar-refractivity contribution in [2.45, 2.75) is 548 Å². The average molecular weight is 1750 g/mol. The Morgan fingerprint density at radius 2 is 0.696 bits per heavy atom. The summed E-state index contributed by atoms with van der Waals surface area (Å²) in [5.41, 5.74) is 5.37. The molecule has 724 valence electrons. The van der Waals surface area contributed by atoms with Crippen molar-refractivity contribution < 1.29 is 52.3 Å². The van der Waals surface area contributed by atoms with E-state index in [4.69, 9.17) is 33.2 Å². The first kappa shape index (κ1) is 108. The topological polar surface area (TPSA) is 133 Å². The van der Waals surface area contributed by atoms with Gasteiger partial charge in [0.1, 0.15) is 24.1 Å². The minimum absolute atomic E-state index is 0.0264. The van der Waals surface area contributed by atoms with Crippen LogP contribution in [0.25, 0.3) is 0 Å². The van der Waals surface area contributed by atoms with Gasteiger partial charge in [0.15, 0.2) is 0 Å². The molecule has 0 amide bonds. The van der Waals surface area contributed by atoms with E-state index in [0.717, 1.165) is 98.8 Å². The fourth-order valence-corrected chi connectivity index (χ4v) is 26.3. The average Bonchev–Trinajstić information content (AvgIpc) is 1.74. The quantitative estimate of drug-likeness (QED) is 0.0341. The lowest BCUT2D eigenvalue weighted by Gasteiger charge is -2.47. The number of hydrogen-bond donors (Lipinski definition) is 0. The Morgan fingerprint density at radius 1 is 0.336 bits per heavy atom. The molecule has 25 atom stereocenters. The molecule has 0 aromatic rings. The van der Waals surface area contributed by atoms with Crippen molar-refractivity contribution in [3.63, 3.8) is 0 Å². The standard InChI is InChI=1S/C17H30O2.C17H32O.C16H28O2.2C16H26O2.2C16H30O/c1-4-5-6-7-9-17(3)10-8-14-13(2)11-16(18)19-15(14)12-17;1-4-5-6-7-10-17(3)11-8-15-14(2)9-12-18-16(15)13-17;3*1-4-5-6-7-9-16(3)10-8-13-12(2)15(17)18-14(13)11-16;2*1-4-5-6-7-9-16(3)10-8-14-13(2)12-17-15(14)11-16/h13-15H,4-12H2,1-3H3;14-16H,4-13H2,1-3H3;12-14H,4-11H2,1-3H3;14H,4-11H2,1-3H3;11-13H,4-10H2,1-3H3;2*13-15H,4-12H2,1-3H3/t;;12?,13-,14?,16?;;;13?,14-,15?,16?;/m..0..0./s1. The van der Waals surface area contributed by atoms with Crippen molar-refractivity contribution in [1.82, 2.24) is 0 Å². The van der Waals surface area contributed by atoms with Gasteiger partial charge in [0, 0.05) is 43.7 Å². The molecule has 6 saturated carbocycles. The lowest BCUT2D eigenvalue weighted by molar-refractivity contribution is -0.170. The van der Waals surface area contributed by atoms with Crippen LogP contribution in [-0.2, 0) is 52.3 Å². The molecule has 0 spiro atoms. The van der Waals surface area contributed by atoms with E-state index in [-0.39, 0.29) is 59.4 Å². The van der Waals surface area contributed by atoms with Crippen molar-refractivity contribution in [1.29, 1.82) is 0 Å². The van der Waals surface area contributed by atoms with Gasteiger partial charge < -0.3 is 33.2 Å². The van der Waals surface area contributed by atoms with Crippen LogP contribution in [0.5, 0.6) is 0 Å². The van der Waals surface area contributed by atoms with Crippen molar-refractivity contribution in [2.24, 2.45) is 109 Å². The molecule has 12 fully saturated rings. The molecule has 0 N–H and O–H groups in total. The number of carbonyl (C=O) groups is 4. The molecule has 23 unspecified atom stereocenters. The first-order valence-electron chi connectivity index (χ1n) is 54.7.